The quantitative estimate of drug-likeness (QED) is 0.191. The van der Waals surface area contributed by atoms with Crippen molar-refractivity contribution >= 4 is 23.7 Å². The molecule has 2 aliphatic rings. The van der Waals surface area contributed by atoms with Gasteiger partial charge in [-0.2, -0.15) is 0 Å². The topological polar surface area (TPSA) is 127 Å². The Morgan fingerprint density at radius 1 is 0.863 bits per heavy atom. The van der Waals surface area contributed by atoms with Gasteiger partial charge in [-0.25, -0.2) is 4.79 Å². The molecule has 1 aliphatic carbocycles. The summed E-state index contributed by atoms with van der Waals surface area (Å²) in [4.78, 5) is 69.6. The van der Waals surface area contributed by atoms with Crippen molar-refractivity contribution in [3.8, 4) is 0 Å². The van der Waals surface area contributed by atoms with Crippen LogP contribution in [0.3, 0.4) is 0 Å². The van der Waals surface area contributed by atoms with E-state index in [4.69, 9.17) is 4.74 Å². The smallest absolute Gasteiger partial charge is 0.338 e. The Labute approximate surface area is 297 Å². The van der Waals surface area contributed by atoms with Crippen LogP contribution in [-0.2, 0) is 31.6 Å². The van der Waals surface area contributed by atoms with Gasteiger partial charge in [-0.1, -0.05) is 91.5 Å². The first-order valence-corrected chi connectivity index (χ1v) is 17.2. The molecule has 0 saturated carbocycles. The number of hydrogen-bond donors (Lipinski definition) is 2. The van der Waals surface area contributed by atoms with E-state index >= 15 is 0 Å². The van der Waals surface area contributed by atoms with Crippen LogP contribution in [-0.4, -0.2) is 52.3 Å². The molecule has 3 atom stereocenters. The second-order valence-corrected chi connectivity index (χ2v) is 13.3. The van der Waals surface area contributed by atoms with E-state index in [1.165, 1.54) is 10.6 Å². The van der Waals surface area contributed by atoms with E-state index in [1.807, 2.05) is 65.6 Å². The summed E-state index contributed by atoms with van der Waals surface area (Å²) in [6.45, 7) is 6.18. The molecule has 1 fully saturated rings. The van der Waals surface area contributed by atoms with Gasteiger partial charge in [0, 0.05) is 32.4 Å². The van der Waals surface area contributed by atoms with Gasteiger partial charge in [0.05, 0.1) is 17.1 Å². The van der Waals surface area contributed by atoms with Crippen molar-refractivity contribution < 1.29 is 23.9 Å². The lowest BCUT2D eigenvalue weighted by Crippen LogP contribution is -2.52. The van der Waals surface area contributed by atoms with E-state index in [9.17, 15) is 24.0 Å². The van der Waals surface area contributed by atoms with Gasteiger partial charge in [0.1, 0.15) is 5.56 Å². The molecule has 0 radical (unpaired) electrons. The summed E-state index contributed by atoms with van der Waals surface area (Å²) < 4.78 is 6.77. The average molecular weight is 687 g/mol. The fraction of sp³-hybridized carbons (Fsp3) is 0.293. The van der Waals surface area contributed by atoms with Crippen molar-refractivity contribution in [2.24, 2.45) is 7.05 Å². The van der Waals surface area contributed by atoms with E-state index in [1.54, 1.807) is 50.5 Å². The van der Waals surface area contributed by atoms with Crippen LogP contribution in [0.4, 0.5) is 0 Å². The highest BCUT2D eigenvalue weighted by molar-refractivity contribution is 5.97. The maximum atomic E-state index is 14.8. The highest BCUT2D eigenvalue weighted by Crippen LogP contribution is 2.48. The number of fused-ring (bicyclic) bond motifs is 1. The molecule has 10 nitrogen and oxygen atoms in total. The lowest BCUT2D eigenvalue weighted by atomic mass is 9.62. The fourth-order valence-corrected chi connectivity index (χ4v) is 7.39. The van der Waals surface area contributed by atoms with Gasteiger partial charge in [-0.15, -0.1) is 0 Å². The minimum absolute atomic E-state index is 0.0292. The summed E-state index contributed by atoms with van der Waals surface area (Å²) in [6, 6.07) is 27.9. The molecule has 6 rings (SSSR count). The molecular weight excluding hydrogens is 644 g/mol. The zero-order valence-electron chi connectivity index (χ0n) is 28.8. The maximum Gasteiger partial charge on any atom is 0.338 e. The lowest BCUT2D eigenvalue weighted by Gasteiger charge is -2.43. The fourth-order valence-electron chi connectivity index (χ4n) is 7.39. The molecule has 51 heavy (non-hydrogen) atoms. The zero-order valence-corrected chi connectivity index (χ0v) is 28.8. The SMILES string of the molecule is C=C(C)OC(=O)[C@H](NC(=O)[C@@]1(c2ccccc2)CC[C@H](C(=O)N2CCC(NC(=O)c3cccn(C)c3=O)CC2)c2ccccc21)c1ccccc1. The molecule has 2 heterocycles. The molecular formula is C41H42N4O6. The number of likely N-dealkylation sites (tertiary alicyclic amines) is 1. The molecule has 4 aromatic rings. The van der Waals surface area contributed by atoms with Crippen molar-refractivity contribution in [2.75, 3.05) is 13.1 Å². The van der Waals surface area contributed by atoms with E-state index in [0.717, 1.165) is 11.1 Å². The number of carbonyl (C=O) groups excluding carboxylic acids is 4. The molecule has 3 aromatic carbocycles. The molecule has 1 aromatic heterocycles. The number of hydrogen-bond acceptors (Lipinski definition) is 6. The largest absolute Gasteiger partial charge is 0.430 e. The number of carbonyl (C=O) groups is 4. The van der Waals surface area contributed by atoms with Crippen LogP contribution in [0.15, 0.2) is 120 Å². The van der Waals surface area contributed by atoms with Gasteiger partial charge >= 0.3 is 5.97 Å². The molecule has 262 valence electrons. The third-order valence-corrected chi connectivity index (χ3v) is 9.98. The molecule has 0 unspecified atom stereocenters. The second kappa shape index (κ2) is 15.0. The molecule has 1 aliphatic heterocycles. The first kappa shape index (κ1) is 35.1. The van der Waals surface area contributed by atoms with Crippen LogP contribution in [0.1, 0.15) is 77.2 Å². The first-order chi connectivity index (χ1) is 24.6. The third-order valence-electron chi connectivity index (χ3n) is 9.98. The Bertz CT molecular complexity index is 2000. The van der Waals surface area contributed by atoms with Gasteiger partial charge in [0.25, 0.3) is 11.5 Å². The maximum absolute atomic E-state index is 14.8. The number of amides is 3. The zero-order chi connectivity index (χ0) is 36.1. The molecule has 1 saturated heterocycles. The number of ether oxygens (including phenoxy) is 1. The van der Waals surface area contributed by atoms with Gasteiger partial charge in [0.2, 0.25) is 11.8 Å². The van der Waals surface area contributed by atoms with Gasteiger partial charge in [-0.3, -0.25) is 19.2 Å². The van der Waals surface area contributed by atoms with E-state index in [0.29, 0.717) is 49.9 Å². The number of allylic oxidation sites excluding steroid dienone is 1. The number of aromatic nitrogens is 1. The molecule has 3 amide bonds. The minimum atomic E-state index is -1.20. The summed E-state index contributed by atoms with van der Waals surface area (Å²) in [5.41, 5.74) is 1.34. The average Bonchev–Trinajstić information content (AvgIpc) is 3.14. The number of piperidine rings is 1. The van der Waals surface area contributed by atoms with Crippen LogP contribution in [0, 0.1) is 0 Å². The number of aryl methyl sites for hydroxylation is 1. The first-order valence-electron chi connectivity index (χ1n) is 17.2. The highest BCUT2D eigenvalue weighted by atomic mass is 16.5. The molecule has 10 heteroatoms. The molecule has 0 spiro atoms. The predicted molar refractivity (Wildman–Crippen MR) is 193 cm³/mol. The van der Waals surface area contributed by atoms with Crippen LogP contribution < -0.4 is 16.2 Å². The predicted octanol–water partition coefficient (Wildman–Crippen LogP) is 4.90. The monoisotopic (exact) mass is 686 g/mol. The van der Waals surface area contributed by atoms with Crippen molar-refractivity contribution in [3.63, 3.8) is 0 Å². The lowest BCUT2D eigenvalue weighted by molar-refractivity contribution is -0.144. The number of nitrogens with zero attached hydrogens (tertiary/aromatic N) is 2. The Morgan fingerprint density at radius 2 is 1.51 bits per heavy atom. The van der Waals surface area contributed by atoms with Gasteiger partial charge in [-0.05, 0) is 67.0 Å². The third kappa shape index (κ3) is 7.12. The number of rotatable bonds is 9. The van der Waals surface area contributed by atoms with E-state index < -0.39 is 29.3 Å². The number of nitrogens with one attached hydrogen (secondary N) is 2. The van der Waals surface area contributed by atoms with Crippen molar-refractivity contribution in [1.29, 1.82) is 0 Å². The summed E-state index contributed by atoms with van der Waals surface area (Å²) in [7, 11) is 1.60. The Kier molecular flexibility index (Phi) is 10.3. The summed E-state index contributed by atoms with van der Waals surface area (Å²) >= 11 is 0. The standard InChI is InChI=1S/C41H42N4O6/c1-27(2)51-39(49)35(28-13-6-4-7-14-28)43-40(50)41(29-15-8-5-9-16-29)23-20-32(31-17-10-11-19-34(31)41)38(48)45-25-21-30(22-26-45)42-36(46)33-18-12-24-44(3)37(33)47/h4-19,24,30,32,35H,1,20-23,25-26H2,2-3H3,(H,42,46)(H,43,50)/t32-,35+,41+/m0/s1. The van der Waals surface area contributed by atoms with E-state index in [2.05, 4.69) is 17.2 Å². The molecule has 0 bridgehead atoms. The van der Waals surface area contributed by atoms with Crippen LogP contribution in [0.5, 0.6) is 0 Å². The summed E-state index contributed by atoms with van der Waals surface area (Å²) in [5, 5.41) is 6.00. The van der Waals surface area contributed by atoms with Crippen LogP contribution in [0.25, 0.3) is 0 Å². The Morgan fingerprint density at radius 3 is 2.20 bits per heavy atom. The molecule has 2 N–H and O–H groups in total. The van der Waals surface area contributed by atoms with Gasteiger partial charge < -0.3 is 24.8 Å². The van der Waals surface area contributed by atoms with Crippen molar-refractivity contribution in [2.45, 2.75) is 56.0 Å². The highest BCUT2D eigenvalue weighted by Gasteiger charge is 2.50. The van der Waals surface area contributed by atoms with Crippen LogP contribution in [0.2, 0.25) is 0 Å². The normalized spacial score (nSPS) is 19.3. The number of esters is 1. The van der Waals surface area contributed by atoms with Crippen LogP contribution >= 0.6 is 0 Å². The van der Waals surface area contributed by atoms with E-state index in [-0.39, 0.29) is 34.7 Å². The summed E-state index contributed by atoms with van der Waals surface area (Å²) in [6.07, 6.45) is 3.43. The second-order valence-electron chi connectivity index (χ2n) is 13.3. The minimum Gasteiger partial charge on any atom is -0.430 e. The Hall–Kier alpha value is -5.77. The number of benzene rings is 3. The Balaban J connectivity index is 1.25. The number of pyridine rings is 1. The van der Waals surface area contributed by atoms with Gasteiger partial charge in [0.15, 0.2) is 6.04 Å². The van der Waals surface area contributed by atoms with Crippen molar-refractivity contribution in [1.82, 2.24) is 20.1 Å². The summed E-state index contributed by atoms with van der Waals surface area (Å²) in [5.74, 6) is -1.73. The van der Waals surface area contributed by atoms with Crippen molar-refractivity contribution in [3.05, 3.63) is 154 Å².